The maximum absolute atomic E-state index is 11.7. The third kappa shape index (κ3) is 2.96. The summed E-state index contributed by atoms with van der Waals surface area (Å²) in [4.78, 5) is 36.0. The van der Waals surface area contributed by atoms with Gasteiger partial charge in [-0.2, -0.15) is 0 Å². The van der Waals surface area contributed by atoms with E-state index in [9.17, 15) is 19.5 Å². The molecule has 2 amide bonds. The van der Waals surface area contributed by atoms with E-state index >= 15 is 0 Å². The maximum Gasteiger partial charge on any atom is 0.230 e. The Kier molecular flexibility index (Phi) is 4.91. The molecule has 0 saturated heterocycles. The van der Waals surface area contributed by atoms with Crippen LogP contribution in [0.15, 0.2) is 6.07 Å². The number of anilines is 1. The molecule has 0 spiro atoms. The van der Waals surface area contributed by atoms with Gasteiger partial charge in [-0.3, -0.25) is 14.4 Å². The minimum Gasteiger partial charge on any atom is -0.507 e. The largest absolute Gasteiger partial charge is 0.507 e. The maximum atomic E-state index is 11.7. The van der Waals surface area contributed by atoms with E-state index in [1.165, 1.54) is 35.0 Å². The number of phenols is 1. The summed E-state index contributed by atoms with van der Waals surface area (Å²) in [5.41, 5.74) is -0.135. The van der Waals surface area contributed by atoms with Crippen LogP contribution in [-0.4, -0.2) is 36.9 Å². The second-order valence-electron chi connectivity index (χ2n) is 4.28. The molecule has 0 atom stereocenters. The highest BCUT2D eigenvalue weighted by atomic mass is 16.5. The molecule has 114 valence electrons. The summed E-state index contributed by atoms with van der Waals surface area (Å²) in [7, 11) is 2.58. The molecule has 1 N–H and O–H groups in total. The Morgan fingerprint density at radius 1 is 1.05 bits per heavy atom. The van der Waals surface area contributed by atoms with Gasteiger partial charge in [0.15, 0.2) is 17.3 Å². The van der Waals surface area contributed by atoms with E-state index in [0.29, 0.717) is 0 Å². The van der Waals surface area contributed by atoms with E-state index in [1.54, 1.807) is 0 Å². The molecule has 0 radical (unpaired) electrons. The molecule has 0 unspecified atom stereocenters. The van der Waals surface area contributed by atoms with E-state index in [4.69, 9.17) is 9.47 Å². The van der Waals surface area contributed by atoms with Gasteiger partial charge < -0.3 is 14.6 Å². The first-order chi connectivity index (χ1) is 9.76. The second kappa shape index (κ2) is 6.25. The van der Waals surface area contributed by atoms with Crippen molar-refractivity contribution in [3.63, 3.8) is 0 Å². The monoisotopic (exact) mass is 295 g/mol. The van der Waals surface area contributed by atoms with Crippen LogP contribution >= 0.6 is 0 Å². The van der Waals surface area contributed by atoms with Crippen LogP contribution in [0.4, 0.5) is 5.69 Å². The Bertz CT molecular complexity index is 594. The molecule has 7 heteroatoms. The van der Waals surface area contributed by atoms with Gasteiger partial charge in [0.25, 0.3) is 0 Å². The van der Waals surface area contributed by atoms with Crippen molar-refractivity contribution >= 4 is 23.3 Å². The van der Waals surface area contributed by atoms with Crippen molar-refractivity contribution < 1.29 is 29.0 Å². The van der Waals surface area contributed by atoms with Crippen molar-refractivity contribution in [2.24, 2.45) is 0 Å². The predicted octanol–water partition coefficient (Wildman–Crippen LogP) is 1.51. The number of imide groups is 1. The standard InChI is InChI=1S/C14H17NO6/c1-7(16)12-10(19)6-11(20-4)13(14(12)21-5)15(8(2)17)9(3)18/h6,19H,1-5H3. The Hall–Kier alpha value is -2.57. The molecule has 0 aromatic heterocycles. The number of carbonyl (C=O) groups is 3. The van der Waals surface area contributed by atoms with Crippen LogP contribution in [0.3, 0.4) is 0 Å². The highest BCUT2D eigenvalue weighted by molar-refractivity contribution is 6.16. The Morgan fingerprint density at radius 3 is 1.90 bits per heavy atom. The minimum absolute atomic E-state index is 0.0111. The molecule has 0 aliphatic carbocycles. The smallest absolute Gasteiger partial charge is 0.230 e. The molecular formula is C14H17NO6. The van der Waals surface area contributed by atoms with Crippen molar-refractivity contribution in [3.8, 4) is 17.2 Å². The lowest BCUT2D eigenvalue weighted by Crippen LogP contribution is -2.34. The zero-order valence-electron chi connectivity index (χ0n) is 12.5. The Morgan fingerprint density at radius 2 is 1.57 bits per heavy atom. The Labute approximate surface area is 122 Å². The number of phenolic OH excluding ortho intramolecular Hbond substituents is 1. The molecule has 0 bridgehead atoms. The molecule has 1 aromatic rings. The number of ether oxygens (including phenoxy) is 2. The van der Waals surface area contributed by atoms with Crippen LogP contribution in [0, 0.1) is 0 Å². The number of carbonyl (C=O) groups excluding carboxylic acids is 3. The highest BCUT2D eigenvalue weighted by Gasteiger charge is 2.30. The molecular weight excluding hydrogens is 278 g/mol. The lowest BCUT2D eigenvalue weighted by atomic mass is 10.1. The van der Waals surface area contributed by atoms with Crippen molar-refractivity contribution in [2.45, 2.75) is 20.8 Å². The van der Waals surface area contributed by atoms with Gasteiger partial charge in [0.05, 0.1) is 14.2 Å². The number of rotatable bonds is 4. The van der Waals surface area contributed by atoms with E-state index in [2.05, 4.69) is 0 Å². The highest BCUT2D eigenvalue weighted by Crippen LogP contribution is 2.45. The predicted molar refractivity (Wildman–Crippen MR) is 75.1 cm³/mol. The number of hydrogen-bond acceptors (Lipinski definition) is 6. The summed E-state index contributed by atoms with van der Waals surface area (Å²) >= 11 is 0. The molecule has 0 heterocycles. The summed E-state index contributed by atoms with van der Waals surface area (Å²) in [6, 6.07) is 1.16. The number of benzene rings is 1. The van der Waals surface area contributed by atoms with Crippen LogP contribution in [0.1, 0.15) is 31.1 Å². The van der Waals surface area contributed by atoms with E-state index < -0.39 is 17.6 Å². The third-order valence-corrected chi connectivity index (χ3v) is 2.83. The summed E-state index contributed by atoms with van der Waals surface area (Å²) in [6.07, 6.45) is 0. The lowest BCUT2D eigenvalue weighted by Gasteiger charge is -2.24. The lowest BCUT2D eigenvalue weighted by molar-refractivity contribution is -0.124. The molecule has 7 nitrogen and oxygen atoms in total. The minimum atomic E-state index is -0.570. The van der Waals surface area contributed by atoms with Crippen LogP contribution in [0.25, 0.3) is 0 Å². The van der Waals surface area contributed by atoms with Crippen LogP contribution in [0.5, 0.6) is 17.2 Å². The van der Waals surface area contributed by atoms with Crippen molar-refractivity contribution in [3.05, 3.63) is 11.6 Å². The SMILES string of the molecule is COc1cc(O)c(C(C)=O)c(OC)c1N(C(C)=O)C(C)=O. The van der Waals surface area contributed by atoms with Gasteiger partial charge in [0.2, 0.25) is 11.8 Å². The first-order valence-electron chi connectivity index (χ1n) is 6.06. The fourth-order valence-electron chi connectivity index (χ4n) is 2.05. The van der Waals surface area contributed by atoms with Crippen molar-refractivity contribution in [1.29, 1.82) is 0 Å². The summed E-state index contributed by atoms with van der Waals surface area (Å²) in [5, 5.41) is 9.92. The fraction of sp³-hybridized carbons (Fsp3) is 0.357. The average Bonchev–Trinajstić information content (AvgIpc) is 2.38. The summed E-state index contributed by atoms with van der Waals surface area (Å²) < 4.78 is 10.2. The molecule has 1 aromatic carbocycles. The number of Topliss-reactive ketones (excluding diaryl/α,β-unsaturated/α-hetero) is 1. The van der Waals surface area contributed by atoms with Crippen LogP contribution in [0.2, 0.25) is 0 Å². The summed E-state index contributed by atoms with van der Waals surface area (Å²) in [6.45, 7) is 3.63. The van der Waals surface area contributed by atoms with Gasteiger partial charge in [0.1, 0.15) is 17.0 Å². The van der Waals surface area contributed by atoms with E-state index in [1.807, 2.05) is 0 Å². The molecule has 0 aliphatic heterocycles. The topological polar surface area (TPSA) is 93.1 Å². The molecule has 0 fully saturated rings. The first-order valence-corrected chi connectivity index (χ1v) is 6.06. The molecule has 0 saturated carbocycles. The van der Waals surface area contributed by atoms with Gasteiger partial charge in [-0.15, -0.1) is 0 Å². The molecule has 0 aliphatic rings. The number of methoxy groups -OCH3 is 2. The second-order valence-corrected chi connectivity index (χ2v) is 4.28. The third-order valence-electron chi connectivity index (χ3n) is 2.83. The van der Waals surface area contributed by atoms with Crippen LogP contribution in [-0.2, 0) is 9.59 Å². The normalized spacial score (nSPS) is 9.95. The number of nitrogens with zero attached hydrogens (tertiary/aromatic N) is 1. The number of aromatic hydroxyl groups is 1. The van der Waals surface area contributed by atoms with Gasteiger partial charge in [-0.1, -0.05) is 0 Å². The zero-order valence-corrected chi connectivity index (χ0v) is 12.5. The number of hydrogen-bond donors (Lipinski definition) is 1. The van der Waals surface area contributed by atoms with E-state index in [-0.39, 0.29) is 28.5 Å². The van der Waals surface area contributed by atoms with Gasteiger partial charge in [-0.25, -0.2) is 4.90 Å². The van der Waals surface area contributed by atoms with Gasteiger partial charge >= 0.3 is 0 Å². The fourth-order valence-corrected chi connectivity index (χ4v) is 2.05. The summed E-state index contributed by atoms with van der Waals surface area (Å²) in [5.74, 6) is -2.02. The Balaban J connectivity index is 3.84. The average molecular weight is 295 g/mol. The zero-order chi connectivity index (χ0) is 16.3. The number of ketones is 1. The van der Waals surface area contributed by atoms with Gasteiger partial charge in [0, 0.05) is 19.9 Å². The van der Waals surface area contributed by atoms with Gasteiger partial charge in [-0.05, 0) is 6.92 Å². The van der Waals surface area contributed by atoms with Crippen molar-refractivity contribution in [2.75, 3.05) is 19.1 Å². The number of amides is 2. The quantitative estimate of drug-likeness (QED) is 0.846. The molecule has 1 rings (SSSR count). The first kappa shape index (κ1) is 16.5. The van der Waals surface area contributed by atoms with E-state index in [0.717, 1.165) is 11.0 Å². The van der Waals surface area contributed by atoms with Crippen molar-refractivity contribution in [1.82, 2.24) is 0 Å². The molecule has 21 heavy (non-hydrogen) atoms. The van der Waals surface area contributed by atoms with Crippen LogP contribution < -0.4 is 14.4 Å².